The number of sulfone groups is 1. The van der Waals surface area contributed by atoms with Crippen LogP contribution in [0, 0.1) is 5.92 Å². The summed E-state index contributed by atoms with van der Waals surface area (Å²) in [5.41, 5.74) is 5.28. The van der Waals surface area contributed by atoms with Gasteiger partial charge in [-0.15, -0.1) is 0 Å². The van der Waals surface area contributed by atoms with Crippen LogP contribution in [0.4, 0.5) is 0 Å². The molecule has 12 heavy (non-hydrogen) atoms. The lowest BCUT2D eigenvalue weighted by atomic mass is 10.0. The van der Waals surface area contributed by atoms with Gasteiger partial charge in [0, 0.05) is 0 Å². The predicted molar refractivity (Wildman–Crippen MR) is 42.4 cm³/mol. The molecule has 0 bridgehead atoms. The molecule has 0 saturated carbocycles. The summed E-state index contributed by atoms with van der Waals surface area (Å²) in [5, 5.41) is 8.49. The number of nitrogens with two attached hydrogens (primary N) is 1. The molecule has 0 aliphatic carbocycles. The molecule has 0 radical (unpaired) electrons. The zero-order valence-electron chi connectivity index (χ0n) is 6.43. The molecule has 1 aliphatic heterocycles. The van der Waals surface area contributed by atoms with Crippen molar-refractivity contribution in [2.24, 2.45) is 11.7 Å². The molecule has 0 aromatic carbocycles. The van der Waals surface area contributed by atoms with Crippen LogP contribution < -0.4 is 5.73 Å². The average molecular weight is 193 g/mol. The number of aliphatic carboxylic acids is 1. The summed E-state index contributed by atoms with van der Waals surface area (Å²) in [6, 6.07) is -1.04. The lowest BCUT2D eigenvalue weighted by molar-refractivity contribution is -0.139. The van der Waals surface area contributed by atoms with Crippen LogP contribution in [0.25, 0.3) is 0 Å². The van der Waals surface area contributed by atoms with Crippen LogP contribution in [0.15, 0.2) is 0 Å². The highest BCUT2D eigenvalue weighted by atomic mass is 32.2. The summed E-state index contributed by atoms with van der Waals surface area (Å²) in [4.78, 5) is 10.4. The smallest absolute Gasteiger partial charge is 0.320 e. The number of carboxylic acid groups (broad SMARTS) is 1. The molecule has 1 saturated heterocycles. The number of carbonyl (C=O) groups is 1. The highest BCUT2D eigenvalue weighted by Crippen LogP contribution is 2.20. The van der Waals surface area contributed by atoms with Crippen molar-refractivity contribution in [2.75, 3.05) is 11.5 Å². The quantitative estimate of drug-likeness (QED) is 0.576. The second-order valence-electron chi connectivity index (χ2n) is 3.03. The normalized spacial score (nSPS) is 29.9. The second kappa shape index (κ2) is 3.02. The first-order valence-electron chi connectivity index (χ1n) is 3.61. The van der Waals surface area contributed by atoms with Gasteiger partial charge in [0.05, 0.1) is 11.5 Å². The Bertz CT molecular complexity index is 284. The van der Waals surface area contributed by atoms with Crippen LogP contribution >= 0.6 is 0 Å². The Morgan fingerprint density at radius 1 is 1.58 bits per heavy atom. The van der Waals surface area contributed by atoms with Gasteiger partial charge in [0.1, 0.15) is 6.04 Å². The SMILES string of the molecule is N[C@@H](C(=O)O)[C@@H]1CCS(=O)(=O)C1. The third kappa shape index (κ3) is 1.95. The highest BCUT2D eigenvalue weighted by molar-refractivity contribution is 7.91. The molecule has 5 nitrogen and oxygen atoms in total. The molecule has 6 heteroatoms. The zero-order chi connectivity index (χ0) is 9.35. The third-order valence-electron chi connectivity index (χ3n) is 2.06. The van der Waals surface area contributed by atoms with Crippen LogP contribution in [0.1, 0.15) is 6.42 Å². The Balaban J connectivity index is 2.64. The first kappa shape index (κ1) is 9.47. The fourth-order valence-electron chi connectivity index (χ4n) is 1.31. The molecule has 1 heterocycles. The van der Waals surface area contributed by atoms with E-state index in [4.69, 9.17) is 10.8 Å². The van der Waals surface area contributed by atoms with Crippen molar-refractivity contribution in [2.45, 2.75) is 12.5 Å². The topological polar surface area (TPSA) is 97.5 Å². The minimum atomic E-state index is -3.02. The number of rotatable bonds is 2. The van der Waals surface area contributed by atoms with Gasteiger partial charge in [0.15, 0.2) is 9.84 Å². The molecular weight excluding hydrogens is 182 g/mol. The fraction of sp³-hybridized carbons (Fsp3) is 0.833. The lowest BCUT2D eigenvalue weighted by Gasteiger charge is -2.11. The van der Waals surface area contributed by atoms with Crippen molar-refractivity contribution in [1.82, 2.24) is 0 Å². The van der Waals surface area contributed by atoms with Crippen LogP contribution in [-0.2, 0) is 14.6 Å². The van der Waals surface area contributed by atoms with Gasteiger partial charge in [0.25, 0.3) is 0 Å². The Labute approximate surface area is 70.5 Å². The molecule has 0 unspecified atom stereocenters. The van der Waals surface area contributed by atoms with Crippen molar-refractivity contribution in [3.8, 4) is 0 Å². The Morgan fingerprint density at radius 3 is 2.50 bits per heavy atom. The minimum absolute atomic E-state index is 0.0681. The summed E-state index contributed by atoms with van der Waals surface area (Å²) in [7, 11) is -3.02. The van der Waals surface area contributed by atoms with Crippen molar-refractivity contribution in [1.29, 1.82) is 0 Å². The monoisotopic (exact) mass is 193 g/mol. The van der Waals surface area contributed by atoms with Crippen molar-refractivity contribution in [3.05, 3.63) is 0 Å². The summed E-state index contributed by atoms with van der Waals surface area (Å²) >= 11 is 0. The molecule has 0 aromatic heterocycles. The van der Waals surface area contributed by atoms with E-state index in [1.165, 1.54) is 0 Å². The fourth-order valence-corrected chi connectivity index (χ4v) is 3.16. The van der Waals surface area contributed by atoms with E-state index in [1.54, 1.807) is 0 Å². The lowest BCUT2D eigenvalue weighted by Crippen LogP contribution is -2.38. The Morgan fingerprint density at radius 2 is 2.17 bits per heavy atom. The van der Waals surface area contributed by atoms with E-state index >= 15 is 0 Å². The summed E-state index contributed by atoms with van der Waals surface area (Å²) < 4.78 is 21.8. The summed E-state index contributed by atoms with van der Waals surface area (Å²) in [6.07, 6.45) is 0.371. The molecule has 0 aromatic rings. The zero-order valence-corrected chi connectivity index (χ0v) is 7.25. The number of hydrogen-bond acceptors (Lipinski definition) is 4. The van der Waals surface area contributed by atoms with E-state index in [0.29, 0.717) is 6.42 Å². The van der Waals surface area contributed by atoms with Gasteiger partial charge >= 0.3 is 5.97 Å². The van der Waals surface area contributed by atoms with Crippen LogP contribution in [0.5, 0.6) is 0 Å². The highest BCUT2D eigenvalue weighted by Gasteiger charge is 2.34. The van der Waals surface area contributed by atoms with Crippen LogP contribution in [0.2, 0.25) is 0 Å². The predicted octanol–water partition coefficient (Wildman–Crippen LogP) is -1.17. The molecule has 1 aliphatic rings. The second-order valence-corrected chi connectivity index (χ2v) is 5.26. The van der Waals surface area contributed by atoms with Gasteiger partial charge in [-0.1, -0.05) is 0 Å². The number of hydrogen-bond donors (Lipinski definition) is 2. The molecule has 0 amide bonds. The van der Waals surface area contributed by atoms with Crippen molar-refractivity contribution < 1.29 is 18.3 Å². The largest absolute Gasteiger partial charge is 0.480 e. The van der Waals surface area contributed by atoms with Gasteiger partial charge in [-0.3, -0.25) is 4.79 Å². The first-order valence-corrected chi connectivity index (χ1v) is 5.43. The van der Waals surface area contributed by atoms with Gasteiger partial charge in [-0.25, -0.2) is 8.42 Å². The van der Waals surface area contributed by atoms with Crippen LogP contribution in [-0.4, -0.2) is 37.0 Å². The van der Waals surface area contributed by atoms with E-state index < -0.39 is 27.8 Å². The molecular formula is C6H11NO4S. The molecule has 0 spiro atoms. The minimum Gasteiger partial charge on any atom is -0.480 e. The van der Waals surface area contributed by atoms with Gasteiger partial charge in [0.2, 0.25) is 0 Å². The standard InChI is InChI=1S/C6H11NO4S/c7-5(6(8)9)4-1-2-12(10,11)3-4/h4-5H,1-3,7H2,(H,8,9)/t4-,5-/m1/s1. The van der Waals surface area contributed by atoms with Crippen molar-refractivity contribution >= 4 is 15.8 Å². The van der Waals surface area contributed by atoms with E-state index in [2.05, 4.69) is 0 Å². The number of carboxylic acids is 1. The molecule has 1 rings (SSSR count). The maximum atomic E-state index is 10.9. The van der Waals surface area contributed by atoms with Gasteiger partial charge in [-0.2, -0.15) is 0 Å². The van der Waals surface area contributed by atoms with Gasteiger partial charge < -0.3 is 10.8 Å². The average Bonchev–Trinajstić information content (AvgIpc) is 2.28. The molecule has 70 valence electrons. The molecule has 1 fully saturated rings. The first-order chi connectivity index (χ1) is 5.42. The Hall–Kier alpha value is -0.620. The maximum Gasteiger partial charge on any atom is 0.320 e. The van der Waals surface area contributed by atoms with E-state index in [1.807, 2.05) is 0 Å². The third-order valence-corrected chi connectivity index (χ3v) is 3.85. The van der Waals surface area contributed by atoms with E-state index in [9.17, 15) is 13.2 Å². The van der Waals surface area contributed by atoms with Crippen LogP contribution in [0.3, 0.4) is 0 Å². The Kier molecular flexibility index (Phi) is 2.39. The maximum absolute atomic E-state index is 10.9. The summed E-state index contributed by atoms with van der Waals surface area (Å²) in [6.45, 7) is 0. The molecule has 2 atom stereocenters. The van der Waals surface area contributed by atoms with Crippen molar-refractivity contribution in [3.63, 3.8) is 0 Å². The van der Waals surface area contributed by atoms with Gasteiger partial charge in [-0.05, 0) is 12.3 Å². The summed E-state index contributed by atoms with van der Waals surface area (Å²) in [5.74, 6) is -1.55. The van der Waals surface area contributed by atoms with E-state index in [-0.39, 0.29) is 11.5 Å². The van der Waals surface area contributed by atoms with E-state index in [0.717, 1.165) is 0 Å². The molecule has 3 N–H and O–H groups in total.